The summed E-state index contributed by atoms with van der Waals surface area (Å²) in [7, 11) is 0. The molecule has 1 saturated heterocycles. The molecule has 1 aliphatic carbocycles. The number of fused-ring (bicyclic) bond motifs is 1. The predicted molar refractivity (Wildman–Crippen MR) is 73.7 cm³/mol. The van der Waals surface area contributed by atoms with Crippen molar-refractivity contribution in [3.8, 4) is 0 Å². The summed E-state index contributed by atoms with van der Waals surface area (Å²) in [5.41, 5.74) is 2.60. The van der Waals surface area contributed by atoms with Crippen molar-refractivity contribution in [1.29, 1.82) is 0 Å². The number of hydrogen-bond acceptors (Lipinski definition) is 4. The van der Waals surface area contributed by atoms with Crippen molar-refractivity contribution in [2.45, 2.75) is 31.8 Å². The second-order valence-electron chi connectivity index (χ2n) is 5.26. The van der Waals surface area contributed by atoms with Gasteiger partial charge in [-0.05, 0) is 42.2 Å². The van der Waals surface area contributed by atoms with Crippen LogP contribution in [0.5, 0.6) is 0 Å². The molecule has 19 heavy (non-hydrogen) atoms. The molecular formula is C14H19NO3S. The van der Waals surface area contributed by atoms with Crippen molar-refractivity contribution in [3.63, 3.8) is 0 Å². The fraction of sp³-hybridized carbons (Fsp3) is 0.643. The number of hydrogen-bond donors (Lipinski definition) is 1. The molecule has 1 aliphatic heterocycles. The fourth-order valence-electron chi connectivity index (χ4n) is 2.82. The summed E-state index contributed by atoms with van der Waals surface area (Å²) in [6.45, 7) is 1.79. The number of rotatable bonds is 1. The van der Waals surface area contributed by atoms with E-state index in [2.05, 4.69) is 5.38 Å². The van der Waals surface area contributed by atoms with Gasteiger partial charge in [0.25, 0.3) is 5.91 Å². The molecule has 0 radical (unpaired) electrons. The molecule has 1 atom stereocenters. The summed E-state index contributed by atoms with van der Waals surface area (Å²) in [5.74, 6) is 0.0673. The average molecular weight is 281 g/mol. The molecule has 0 bridgehead atoms. The summed E-state index contributed by atoms with van der Waals surface area (Å²) in [5, 5.41) is 11.9. The van der Waals surface area contributed by atoms with E-state index in [1.807, 2.05) is 0 Å². The highest BCUT2D eigenvalue weighted by atomic mass is 32.1. The van der Waals surface area contributed by atoms with Gasteiger partial charge in [0.1, 0.15) is 0 Å². The van der Waals surface area contributed by atoms with Gasteiger partial charge in [-0.25, -0.2) is 0 Å². The number of aliphatic hydroxyl groups excluding tert-OH is 1. The summed E-state index contributed by atoms with van der Waals surface area (Å²) in [6, 6.07) is 0. The highest BCUT2D eigenvalue weighted by molar-refractivity contribution is 7.12. The lowest BCUT2D eigenvalue weighted by molar-refractivity contribution is 0.0535. The van der Waals surface area contributed by atoms with Crippen molar-refractivity contribution in [2.24, 2.45) is 0 Å². The van der Waals surface area contributed by atoms with Crippen LogP contribution in [0.25, 0.3) is 0 Å². The van der Waals surface area contributed by atoms with Crippen LogP contribution in [0.4, 0.5) is 0 Å². The van der Waals surface area contributed by atoms with Crippen molar-refractivity contribution >= 4 is 17.2 Å². The Morgan fingerprint density at radius 2 is 2.26 bits per heavy atom. The van der Waals surface area contributed by atoms with Crippen LogP contribution in [0.3, 0.4) is 0 Å². The van der Waals surface area contributed by atoms with Gasteiger partial charge in [-0.15, -0.1) is 11.3 Å². The number of carbonyl (C=O) groups excluding carboxylic acids is 1. The molecule has 4 nitrogen and oxygen atoms in total. The van der Waals surface area contributed by atoms with Crippen LogP contribution in [-0.2, 0) is 17.6 Å². The molecule has 5 heteroatoms. The van der Waals surface area contributed by atoms with Gasteiger partial charge in [-0.3, -0.25) is 4.79 Å². The van der Waals surface area contributed by atoms with Crippen molar-refractivity contribution in [1.82, 2.24) is 4.90 Å². The molecule has 0 aromatic carbocycles. The van der Waals surface area contributed by atoms with E-state index in [1.165, 1.54) is 24.0 Å². The Bertz CT molecular complexity index is 471. The maximum Gasteiger partial charge on any atom is 0.264 e. The number of aliphatic hydroxyl groups is 1. The van der Waals surface area contributed by atoms with Gasteiger partial charge in [0.2, 0.25) is 0 Å². The molecule has 2 aliphatic rings. The van der Waals surface area contributed by atoms with Crippen LogP contribution < -0.4 is 0 Å². The fourth-order valence-corrected chi connectivity index (χ4v) is 3.94. The number of β-amino-alcohol motifs (C(OH)–C–C–N with tert-alkyl or cyclic N) is 1. The number of thiophene rings is 1. The molecule has 1 amide bonds. The lowest BCUT2D eigenvalue weighted by Gasteiger charge is -2.22. The quantitative estimate of drug-likeness (QED) is 0.848. The van der Waals surface area contributed by atoms with E-state index in [0.717, 1.165) is 17.7 Å². The number of ether oxygens (including phenoxy) is 1. The minimum absolute atomic E-state index is 0.0673. The van der Waals surface area contributed by atoms with Crippen LogP contribution in [0, 0.1) is 0 Å². The van der Waals surface area contributed by atoms with Crippen LogP contribution in [0.15, 0.2) is 5.38 Å². The third-order valence-electron chi connectivity index (χ3n) is 3.83. The average Bonchev–Trinajstić information content (AvgIpc) is 2.73. The minimum Gasteiger partial charge on any atom is -0.389 e. The second kappa shape index (κ2) is 5.61. The predicted octanol–water partition coefficient (Wildman–Crippen LogP) is 1.46. The van der Waals surface area contributed by atoms with Crippen LogP contribution in [0.1, 0.15) is 33.6 Å². The van der Waals surface area contributed by atoms with Crippen molar-refractivity contribution in [3.05, 3.63) is 21.4 Å². The number of carbonyl (C=O) groups is 1. The van der Waals surface area contributed by atoms with Gasteiger partial charge in [0.15, 0.2) is 0 Å². The topological polar surface area (TPSA) is 49.8 Å². The maximum absolute atomic E-state index is 12.6. The maximum atomic E-state index is 12.6. The molecule has 3 rings (SSSR count). The van der Waals surface area contributed by atoms with E-state index in [1.54, 1.807) is 16.2 Å². The first-order valence-corrected chi connectivity index (χ1v) is 7.78. The summed E-state index contributed by atoms with van der Waals surface area (Å²) in [6.07, 6.45) is 3.96. The number of amides is 1. The third-order valence-corrected chi connectivity index (χ3v) is 4.89. The minimum atomic E-state index is -0.567. The number of nitrogens with zero attached hydrogens (tertiary/aromatic N) is 1. The Balaban J connectivity index is 1.81. The normalized spacial score (nSPS) is 23.8. The van der Waals surface area contributed by atoms with Crippen LogP contribution >= 0.6 is 11.3 Å². The monoisotopic (exact) mass is 281 g/mol. The summed E-state index contributed by atoms with van der Waals surface area (Å²) >= 11 is 1.56. The van der Waals surface area contributed by atoms with Gasteiger partial charge in [-0.1, -0.05) is 0 Å². The van der Waals surface area contributed by atoms with E-state index in [9.17, 15) is 9.90 Å². The lowest BCUT2D eigenvalue weighted by atomic mass is 9.93. The number of aryl methyl sites for hydroxylation is 1. The Hall–Kier alpha value is -0.910. The molecule has 1 N–H and O–H groups in total. The zero-order valence-electron chi connectivity index (χ0n) is 10.9. The van der Waals surface area contributed by atoms with E-state index < -0.39 is 6.10 Å². The third kappa shape index (κ3) is 2.68. The highest BCUT2D eigenvalue weighted by Crippen LogP contribution is 2.30. The molecule has 1 aromatic heterocycles. The first kappa shape index (κ1) is 13.1. The molecule has 1 aromatic rings. The summed E-state index contributed by atoms with van der Waals surface area (Å²) < 4.78 is 5.28. The highest BCUT2D eigenvalue weighted by Gasteiger charge is 2.26. The SMILES string of the molecule is O=C(c1scc2c1CCCC2)N1CCOC[C@H](O)C1. The van der Waals surface area contributed by atoms with E-state index in [0.29, 0.717) is 26.3 Å². The van der Waals surface area contributed by atoms with Gasteiger partial charge in [-0.2, -0.15) is 0 Å². The standard InChI is InChI=1S/C14H19NO3S/c16-11-7-15(5-6-18-8-11)14(17)13-12-4-2-1-3-10(12)9-19-13/h9,11,16H,1-8H2/t11-/m1/s1. The zero-order valence-corrected chi connectivity index (χ0v) is 11.7. The molecule has 2 heterocycles. The van der Waals surface area contributed by atoms with Gasteiger partial charge in [0.05, 0.1) is 24.2 Å². The van der Waals surface area contributed by atoms with E-state index >= 15 is 0 Å². The Morgan fingerprint density at radius 1 is 1.42 bits per heavy atom. The van der Waals surface area contributed by atoms with Crippen LogP contribution in [0.2, 0.25) is 0 Å². The zero-order chi connectivity index (χ0) is 13.2. The second-order valence-corrected chi connectivity index (χ2v) is 6.14. The van der Waals surface area contributed by atoms with Gasteiger partial charge < -0.3 is 14.7 Å². The van der Waals surface area contributed by atoms with E-state index in [4.69, 9.17) is 4.74 Å². The molecule has 1 fully saturated rings. The lowest BCUT2D eigenvalue weighted by Crippen LogP contribution is -2.37. The molecule has 104 valence electrons. The largest absolute Gasteiger partial charge is 0.389 e. The Labute approximate surface area is 117 Å². The van der Waals surface area contributed by atoms with Crippen molar-refractivity contribution < 1.29 is 14.6 Å². The molecule has 0 unspecified atom stereocenters. The molecule has 0 spiro atoms. The van der Waals surface area contributed by atoms with Crippen molar-refractivity contribution in [2.75, 3.05) is 26.3 Å². The van der Waals surface area contributed by atoms with Crippen LogP contribution in [-0.4, -0.2) is 48.3 Å². The van der Waals surface area contributed by atoms with Gasteiger partial charge in [0, 0.05) is 13.1 Å². The molecule has 0 saturated carbocycles. The first-order valence-electron chi connectivity index (χ1n) is 6.90. The Morgan fingerprint density at radius 3 is 3.16 bits per heavy atom. The van der Waals surface area contributed by atoms with E-state index in [-0.39, 0.29) is 5.91 Å². The van der Waals surface area contributed by atoms with Gasteiger partial charge >= 0.3 is 0 Å². The smallest absolute Gasteiger partial charge is 0.264 e. The summed E-state index contributed by atoms with van der Waals surface area (Å²) in [4.78, 5) is 15.2. The first-order chi connectivity index (χ1) is 9.25. The molecular weight excluding hydrogens is 262 g/mol. The Kier molecular flexibility index (Phi) is 3.86.